The predicted molar refractivity (Wildman–Crippen MR) is 83.8 cm³/mol. The molecule has 2 N–H and O–H groups in total. The second-order valence-electron chi connectivity index (χ2n) is 5.75. The van der Waals surface area contributed by atoms with E-state index in [0.717, 1.165) is 18.7 Å². The van der Waals surface area contributed by atoms with Gasteiger partial charge in [0, 0.05) is 6.54 Å². The lowest BCUT2D eigenvalue weighted by Crippen LogP contribution is -2.54. The fourth-order valence-corrected chi connectivity index (χ4v) is 2.92. The first-order valence-electron chi connectivity index (χ1n) is 7.91. The van der Waals surface area contributed by atoms with Gasteiger partial charge in [-0.15, -0.1) is 0 Å². The zero-order valence-corrected chi connectivity index (χ0v) is 12.9. The standard InChI is InChI=1S/C17H26N2O2/c1-2-21-16(20)17(18,15-10-6-5-7-11-15)14-19-12-8-3-4-9-13-19/h5-7,10-11H,2-4,8-9,12-14,18H2,1H3. The summed E-state index contributed by atoms with van der Waals surface area (Å²) in [7, 11) is 0. The average molecular weight is 290 g/mol. The van der Waals surface area contributed by atoms with Crippen LogP contribution in [0.4, 0.5) is 0 Å². The van der Waals surface area contributed by atoms with Gasteiger partial charge in [0.05, 0.1) is 6.61 Å². The highest BCUT2D eigenvalue weighted by Gasteiger charge is 2.39. The fraction of sp³-hybridized carbons (Fsp3) is 0.588. The Labute approximate surface area is 127 Å². The van der Waals surface area contributed by atoms with Crippen molar-refractivity contribution in [2.75, 3.05) is 26.2 Å². The number of nitrogens with zero attached hydrogens (tertiary/aromatic N) is 1. The summed E-state index contributed by atoms with van der Waals surface area (Å²) in [6, 6.07) is 9.59. The average Bonchev–Trinajstić information content (AvgIpc) is 2.77. The molecule has 1 heterocycles. The third kappa shape index (κ3) is 4.05. The van der Waals surface area contributed by atoms with Crippen LogP contribution in [0.5, 0.6) is 0 Å². The maximum absolute atomic E-state index is 12.5. The summed E-state index contributed by atoms with van der Waals surface area (Å²) in [5.74, 6) is -0.333. The number of nitrogens with two attached hydrogens (primary N) is 1. The van der Waals surface area contributed by atoms with Crippen molar-refractivity contribution in [1.29, 1.82) is 0 Å². The summed E-state index contributed by atoms with van der Waals surface area (Å²) >= 11 is 0. The van der Waals surface area contributed by atoms with Crippen molar-refractivity contribution in [3.8, 4) is 0 Å². The smallest absolute Gasteiger partial charge is 0.332 e. The molecule has 0 spiro atoms. The Morgan fingerprint density at radius 2 is 1.81 bits per heavy atom. The third-order valence-electron chi connectivity index (χ3n) is 4.10. The van der Waals surface area contributed by atoms with Crippen LogP contribution in [0.3, 0.4) is 0 Å². The molecule has 0 radical (unpaired) electrons. The van der Waals surface area contributed by atoms with Gasteiger partial charge in [-0.2, -0.15) is 0 Å². The molecular weight excluding hydrogens is 264 g/mol. The SMILES string of the molecule is CCOC(=O)C(N)(CN1CCCCCC1)c1ccccc1. The quantitative estimate of drug-likeness (QED) is 0.845. The van der Waals surface area contributed by atoms with Gasteiger partial charge >= 0.3 is 5.97 Å². The highest BCUT2D eigenvalue weighted by molar-refractivity contribution is 5.82. The van der Waals surface area contributed by atoms with Crippen LogP contribution in [0, 0.1) is 0 Å². The van der Waals surface area contributed by atoms with Gasteiger partial charge in [-0.3, -0.25) is 0 Å². The van der Waals surface area contributed by atoms with Crippen LogP contribution >= 0.6 is 0 Å². The number of carbonyl (C=O) groups excluding carboxylic acids is 1. The van der Waals surface area contributed by atoms with Crippen LogP contribution in [0.2, 0.25) is 0 Å². The first kappa shape index (κ1) is 16.0. The van der Waals surface area contributed by atoms with Crippen molar-refractivity contribution in [2.45, 2.75) is 38.1 Å². The van der Waals surface area contributed by atoms with Crippen molar-refractivity contribution in [3.05, 3.63) is 35.9 Å². The van der Waals surface area contributed by atoms with Gasteiger partial charge in [0.25, 0.3) is 0 Å². The molecule has 1 fully saturated rings. The molecule has 4 nitrogen and oxygen atoms in total. The van der Waals surface area contributed by atoms with Gasteiger partial charge < -0.3 is 15.4 Å². The predicted octanol–water partition coefficient (Wildman–Crippen LogP) is 2.28. The Hall–Kier alpha value is -1.39. The number of ether oxygens (including phenoxy) is 1. The van der Waals surface area contributed by atoms with Crippen LogP contribution in [-0.2, 0) is 15.1 Å². The van der Waals surface area contributed by atoms with Crippen LogP contribution in [0.15, 0.2) is 30.3 Å². The summed E-state index contributed by atoms with van der Waals surface area (Å²) < 4.78 is 5.24. The minimum atomic E-state index is -1.08. The molecule has 0 saturated carbocycles. The Balaban J connectivity index is 2.21. The van der Waals surface area contributed by atoms with Gasteiger partial charge in [0.1, 0.15) is 0 Å². The number of hydrogen-bond donors (Lipinski definition) is 1. The van der Waals surface area contributed by atoms with Crippen molar-refractivity contribution in [1.82, 2.24) is 4.90 Å². The molecule has 1 saturated heterocycles. The molecule has 0 bridgehead atoms. The van der Waals surface area contributed by atoms with Crippen molar-refractivity contribution < 1.29 is 9.53 Å². The number of carbonyl (C=O) groups is 1. The van der Waals surface area contributed by atoms with Gasteiger partial charge in [-0.1, -0.05) is 43.2 Å². The number of likely N-dealkylation sites (tertiary alicyclic amines) is 1. The fourth-order valence-electron chi connectivity index (χ4n) is 2.92. The first-order valence-corrected chi connectivity index (χ1v) is 7.91. The number of hydrogen-bond acceptors (Lipinski definition) is 4. The molecule has 1 aromatic rings. The lowest BCUT2D eigenvalue weighted by molar-refractivity contribution is -0.151. The van der Waals surface area contributed by atoms with E-state index in [4.69, 9.17) is 10.5 Å². The minimum absolute atomic E-state index is 0.333. The van der Waals surface area contributed by atoms with E-state index in [1.54, 1.807) is 0 Å². The zero-order chi connectivity index (χ0) is 15.1. The minimum Gasteiger partial charge on any atom is -0.464 e. The number of rotatable bonds is 5. The molecule has 1 aromatic carbocycles. The molecule has 2 rings (SSSR count). The van der Waals surface area contributed by atoms with E-state index in [9.17, 15) is 4.79 Å². The summed E-state index contributed by atoms with van der Waals surface area (Å²) in [6.07, 6.45) is 4.87. The molecule has 1 unspecified atom stereocenters. The normalized spacial score (nSPS) is 19.5. The maximum atomic E-state index is 12.5. The van der Waals surface area contributed by atoms with Gasteiger partial charge in [-0.25, -0.2) is 4.79 Å². The van der Waals surface area contributed by atoms with Gasteiger partial charge in [0.15, 0.2) is 5.54 Å². The molecule has 0 aromatic heterocycles. The highest BCUT2D eigenvalue weighted by Crippen LogP contribution is 2.23. The summed E-state index contributed by atoms with van der Waals surface area (Å²) in [5, 5.41) is 0. The van der Waals surface area contributed by atoms with Crippen molar-refractivity contribution in [3.63, 3.8) is 0 Å². The lowest BCUT2D eigenvalue weighted by Gasteiger charge is -2.33. The molecule has 116 valence electrons. The monoisotopic (exact) mass is 290 g/mol. The molecule has 0 amide bonds. The summed E-state index contributed by atoms with van der Waals surface area (Å²) in [4.78, 5) is 14.8. The van der Waals surface area contributed by atoms with E-state index in [1.807, 2.05) is 37.3 Å². The maximum Gasteiger partial charge on any atom is 0.332 e. The molecule has 1 aliphatic heterocycles. The van der Waals surface area contributed by atoms with E-state index in [-0.39, 0.29) is 5.97 Å². The molecule has 1 atom stereocenters. The third-order valence-corrected chi connectivity index (χ3v) is 4.10. The Morgan fingerprint density at radius 1 is 1.19 bits per heavy atom. The highest BCUT2D eigenvalue weighted by atomic mass is 16.5. The summed E-state index contributed by atoms with van der Waals surface area (Å²) in [5.41, 5.74) is 6.26. The second-order valence-corrected chi connectivity index (χ2v) is 5.75. The van der Waals surface area contributed by atoms with E-state index in [2.05, 4.69) is 4.90 Å². The first-order chi connectivity index (χ1) is 10.2. The molecule has 1 aliphatic rings. The Morgan fingerprint density at radius 3 is 2.38 bits per heavy atom. The van der Waals surface area contributed by atoms with Crippen LogP contribution in [0.25, 0.3) is 0 Å². The number of esters is 1. The lowest BCUT2D eigenvalue weighted by atomic mass is 9.90. The van der Waals surface area contributed by atoms with E-state index in [1.165, 1.54) is 25.7 Å². The Kier molecular flexibility index (Phi) is 5.76. The summed E-state index contributed by atoms with van der Waals surface area (Å²) in [6.45, 7) is 4.70. The van der Waals surface area contributed by atoms with E-state index in [0.29, 0.717) is 13.2 Å². The van der Waals surface area contributed by atoms with Crippen molar-refractivity contribution in [2.24, 2.45) is 5.73 Å². The van der Waals surface area contributed by atoms with Crippen molar-refractivity contribution >= 4 is 5.97 Å². The van der Waals surface area contributed by atoms with E-state index >= 15 is 0 Å². The van der Waals surface area contributed by atoms with E-state index < -0.39 is 5.54 Å². The van der Waals surface area contributed by atoms with Crippen LogP contribution < -0.4 is 5.73 Å². The molecule has 0 aliphatic carbocycles. The number of benzene rings is 1. The molecule has 4 heteroatoms. The molecular formula is C17H26N2O2. The zero-order valence-electron chi connectivity index (χ0n) is 12.9. The largest absolute Gasteiger partial charge is 0.464 e. The van der Waals surface area contributed by atoms with Crippen LogP contribution in [-0.4, -0.2) is 37.1 Å². The van der Waals surface area contributed by atoms with Crippen LogP contribution in [0.1, 0.15) is 38.2 Å². The Bertz CT molecular complexity index is 441. The topological polar surface area (TPSA) is 55.6 Å². The molecule has 21 heavy (non-hydrogen) atoms. The van der Waals surface area contributed by atoms with Gasteiger partial charge in [0.2, 0.25) is 0 Å². The second kappa shape index (κ2) is 7.57. The van der Waals surface area contributed by atoms with Gasteiger partial charge in [-0.05, 0) is 38.4 Å².